The molecule has 2 aromatic carbocycles. The molecule has 1 atom stereocenters. The lowest BCUT2D eigenvalue weighted by molar-refractivity contribution is 0.626. The second-order valence-corrected chi connectivity index (χ2v) is 5.54. The zero-order chi connectivity index (χ0) is 14.7. The average molecular weight is 313 g/mol. The molecule has 0 aliphatic carbocycles. The Bertz CT molecular complexity index is 600. The van der Waals surface area contributed by atoms with E-state index in [9.17, 15) is 4.39 Å². The molecule has 0 spiro atoms. The van der Waals surface area contributed by atoms with Gasteiger partial charge < -0.3 is 11.1 Å². The van der Waals surface area contributed by atoms with Crippen LogP contribution in [0.2, 0.25) is 10.0 Å². The number of hydrogen-bond donors (Lipinski definition) is 2. The lowest BCUT2D eigenvalue weighted by atomic mass is 10.1. The summed E-state index contributed by atoms with van der Waals surface area (Å²) in [4.78, 5) is 0. The summed E-state index contributed by atoms with van der Waals surface area (Å²) in [5, 5.41) is 4.17. The van der Waals surface area contributed by atoms with Gasteiger partial charge in [0.2, 0.25) is 0 Å². The highest BCUT2D eigenvalue weighted by Gasteiger charge is 2.09. The van der Waals surface area contributed by atoms with Crippen LogP contribution in [-0.4, -0.2) is 6.04 Å². The van der Waals surface area contributed by atoms with E-state index in [0.717, 1.165) is 17.7 Å². The van der Waals surface area contributed by atoms with Crippen LogP contribution in [0.15, 0.2) is 36.4 Å². The van der Waals surface area contributed by atoms with Crippen LogP contribution >= 0.6 is 23.2 Å². The van der Waals surface area contributed by atoms with Crippen molar-refractivity contribution in [2.45, 2.75) is 19.4 Å². The Kier molecular flexibility index (Phi) is 4.73. The van der Waals surface area contributed by atoms with Crippen LogP contribution in [0.3, 0.4) is 0 Å². The predicted molar refractivity (Wildman–Crippen MR) is 84.1 cm³/mol. The first kappa shape index (κ1) is 14.9. The van der Waals surface area contributed by atoms with Crippen molar-refractivity contribution in [3.8, 4) is 0 Å². The fraction of sp³-hybridized carbons (Fsp3) is 0.200. The molecule has 5 heteroatoms. The summed E-state index contributed by atoms with van der Waals surface area (Å²) in [5.74, 6) is -0.233. The van der Waals surface area contributed by atoms with Crippen LogP contribution in [0.4, 0.5) is 15.8 Å². The van der Waals surface area contributed by atoms with Crippen molar-refractivity contribution in [2.24, 2.45) is 0 Å². The smallest absolute Gasteiger partial charge is 0.123 e. The third-order valence-corrected chi connectivity index (χ3v) is 3.67. The molecule has 2 nitrogen and oxygen atoms in total. The number of benzene rings is 2. The predicted octanol–water partition coefficient (Wildman–Crippen LogP) is 4.76. The number of nitrogens with one attached hydrogen (secondary N) is 1. The molecule has 0 saturated carbocycles. The maximum atomic E-state index is 12.8. The molecule has 0 aliphatic heterocycles. The van der Waals surface area contributed by atoms with E-state index in [-0.39, 0.29) is 11.9 Å². The fourth-order valence-electron chi connectivity index (χ4n) is 1.98. The molecule has 0 radical (unpaired) electrons. The first-order valence-corrected chi connectivity index (χ1v) is 6.97. The van der Waals surface area contributed by atoms with Gasteiger partial charge in [-0.3, -0.25) is 0 Å². The molecule has 0 heterocycles. The van der Waals surface area contributed by atoms with Crippen LogP contribution < -0.4 is 11.1 Å². The third-order valence-electron chi connectivity index (χ3n) is 2.95. The number of rotatable bonds is 4. The quantitative estimate of drug-likeness (QED) is 0.799. The Morgan fingerprint density at radius 3 is 2.40 bits per heavy atom. The Morgan fingerprint density at radius 1 is 1.15 bits per heavy atom. The van der Waals surface area contributed by atoms with Gasteiger partial charge in [-0.25, -0.2) is 4.39 Å². The third kappa shape index (κ3) is 3.78. The van der Waals surface area contributed by atoms with Gasteiger partial charge >= 0.3 is 0 Å². The van der Waals surface area contributed by atoms with Crippen molar-refractivity contribution in [1.82, 2.24) is 0 Å². The second-order valence-electron chi connectivity index (χ2n) is 4.73. The van der Waals surface area contributed by atoms with Gasteiger partial charge in [0.05, 0.1) is 21.4 Å². The first-order chi connectivity index (χ1) is 9.45. The van der Waals surface area contributed by atoms with Crippen molar-refractivity contribution in [3.63, 3.8) is 0 Å². The average Bonchev–Trinajstić information content (AvgIpc) is 2.39. The Labute approximate surface area is 127 Å². The van der Waals surface area contributed by atoms with Crippen molar-refractivity contribution < 1.29 is 4.39 Å². The highest BCUT2D eigenvalue weighted by atomic mass is 35.5. The highest BCUT2D eigenvalue weighted by molar-refractivity contribution is 6.42. The summed E-state index contributed by atoms with van der Waals surface area (Å²) in [6.45, 7) is 2.02. The van der Waals surface area contributed by atoms with Crippen LogP contribution in [0.5, 0.6) is 0 Å². The summed E-state index contributed by atoms with van der Waals surface area (Å²) in [7, 11) is 0. The van der Waals surface area contributed by atoms with Crippen molar-refractivity contribution in [2.75, 3.05) is 11.1 Å². The number of nitrogen functional groups attached to an aromatic ring is 1. The Balaban J connectivity index is 2.06. The SMILES string of the molecule is CC(Cc1ccc(F)cc1)Nc1cc(Cl)c(Cl)cc1N. The van der Waals surface area contributed by atoms with Crippen LogP contribution in [-0.2, 0) is 6.42 Å². The molecule has 0 saturated heterocycles. The van der Waals surface area contributed by atoms with Crippen molar-refractivity contribution >= 4 is 34.6 Å². The van der Waals surface area contributed by atoms with E-state index in [2.05, 4.69) is 5.32 Å². The number of anilines is 2. The van der Waals surface area contributed by atoms with Crippen LogP contribution in [0, 0.1) is 5.82 Å². The molecule has 0 amide bonds. The van der Waals surface area contributed by atoms with Gasteiger partial charge in [0.15, 0.2) is 0 Å². The fourth-order valence-corrected chi connectivity index (χ4v) is 2.31. The second kappa shape index (κ2) is 6.33. The molecule has 0 aliphatic rings. The number of halogens is 3. The summed E-state index contributed by atoms with van der Waals surface area (Å²) < 4.78 is 12.8. The Hall–Kier alpha value is -1.45. The monoisotopic (exact) mass is 312 g/mol. The molecule has 0 bridgehead atoms. The van der Waals surface area contributed by atoms with Gasteiger partial charge in [0.1, 0.15) is 5.82 Å². The van der Waals surface area contributed by atoms with Crippen LogP contribution in [0.25, 0.3) is 0 Å². The molecular formula is C15H15Cl2FN2. The topological polar surface area (TPSA) is 38.0 Å². The van der Waals surface area contributed by atoms with E-state index in [1.54, 1.807) is 24.3 Å². The van der Waals surface area contributed by atoms with E-state index in [1.807, 2.05) is 6.92 Å². The maximum absolute atomic E-state index is 12.8. The molecule has 1 unspecified atom stereocenters. The van der Waals surface area contributed by atoms with Crippen LogP contribution in [0.1, 0.15) is 12.5 Å². The minimum absolute atomic E-state index is 0.125. The maximum Gasteiger partial charge on any atom is 0.123 e. The van der Waals surface area contributed by atoms with E-state index in [4.69, 9.17) is 28.9 Å². The van der Waals surface area contributed by atoms with E-state index < -0.39 is 0 Å². The minimum atomic E-state index is -0.233. The molecule has 0 aromatic heterocycles. The molecule has 2 rings (SSSR count). The van der Waals surface area contributed by atoms with E-state index in [1.165, 1.54) is 12.1 Å². The molecule has 20 heavy (non-hydrogen) atoms. The van der Waals surface area contributed by atoms with Gasteiger partial charge in [0, 0.05) is 6.04 Å². The van der Waals surface area contributed by atoms with Gasteiger partial charge in [-0.05, 0) is 43.2 Å². The molecule has 0 fully saturated rings. The largest absolute Gasteiger partial charge is 0.397 e. The zero-order valence-corrected chi connectivity index (χ0v) is 12.5. The van der Waals surface area contributed by atoms with E-state index in [0.29, 0.717) is 15.7 Å². The lowest BCUT2D eigenvalue weighted by Gasteiger charge is -2.17. The summed E-state index contributed by atoms with van der Waals surface area (Å²) >= 11 is 11.9. The van der Waals surface area contributed by atoms with Gasteiger partial charge in [-0.2, -0.15) is 0 Å². The summed E-state index contributed by atoms with van der Waals surface area (Å²) in [6, 6.07) is 9.90. The molecule has 106 valence electrons. The number of nitrogens with two attached hydrogens (primary N) is 1. The molecule has 2 aromatic rings. The minimum Gasteiger partial charge on any atom is -0.397 e. The van der Waals surface area contributed by atoms with Gasteiger partial charge in [-0.15, -0.1) is 0 Å². The normalized spacial score (nSPS) is 12.2. The lowest BCUT2D eigenvalue weighted by Crippen LogP contribution is -2.19. The standard InChI is InChI=1S/C15H15Cl2FN2/c1-9(6-10-2-4-11(18)5-3-10)20-15-8-13(17)12(16)7-14(15)19/h2-5,7-9,20H,6,19H2,1H3. The van der Waals surface area contributed by atoms with E-state index >= 15 is 0 Å². The summed E-state index contributed by atoms with van der Waals surface area (Å²) in [6.07, 6.45) is 0.750. The number of hydrogen-bond acceptors (Lipinski definition) is 2. The van der Waals surface area contributed by atoms with Gasteiger partial charge in [0.25, 0.3) is 0 Å². The van der Waals surface area contributed by atoms with Crippen molar-refractivity contribution in [1.29, 1.82) is 0 Å². The highest BCUT2D eigenvalue weighted by Crippen LogP contribution is 2.31. The summed E-state index contributed by atoms with van der Waals surface area (Å²) in [5.41, 5.74) is 8.23. The zero-order valence-electron chi connectivity index (χ0n) is 11.0. The molecule has 3 N–H and O–H groups in total. The van der Waals surface area contributed by atoms with Crippen molar-refractivity contribution in [3.05, 3.63) is 57.8 Å². The van der Waals surface area contributed by atoms with Gasteiger partial charge in [-0.1, -0.05) is 35.3 Å². The Morgan fingerprint density at radius 2 is 1.75 bits per heavy atom. The molecular weight excluding hydrogens is 298 g/mol. The first-order valence-electron chi connectivity index (χ1n) is 6.21.